The van der Waals surface area contributed by atoms with Crippen LogP contribution in [0.25, 0.3) is 0 Å². The predicted octanol–water partition coefficient (Wildman–Crippen LogP) is 3.14. The Balaban J connectivity index is 3.85. The van der Waals surface area contributed by atoms with Crippen molar-refractivity contribution in [2.75, 3.05) is 6.61 Å². The quantitative estimate of drug-likeness (QED) is 0.523. The van der Waals surface area contributed by atoms with Gasteiger partial charge in [0.2, 0.25) is 0 Å². The molecule has 3 heteroatoms. The number of allylic oxidation sites excluding steroid dienone is 4. The van der Waals surface area contributed by atoms with Crippen molar-refractivity contribution in [3.63, 3.8) is 0 Å². The zero-order valence-electron chi connectivity index (χ0n) is 11.4. The Hall–Kier alpha value is -1.22. The first-order chi connectivity index (χ1) is 7.95. The highest BCUT2D eigenvalue weighted by Crippen LogP contribution is 2.02. The van der Waals surface area contributed by atoms with Crippen LogP contribution in [0.15, 0.2) is 36.3 Å². The van der Waals surface area contributed by atoms with Crippen molar-refractivity contribution in [2.24, 2.45) is 5.73 Å². The van der Waals surface area contributed by atoms with E-state index in [-0.39, 0.29) is 12.2 Å². The molecule has 0 fully saturated rings. The van der Waals surface area contributed by atoms with Crippen molar-refractivity contribution >= 4 is 0 Å². The summed E-state index contributed by atoms with van der Waals surface area (Å²) < 4.78 is 10.9. The summed E-state index contributed by atoms with van der Waals surface area (Å²) in [5.74, 6) is 0. The topological polar surface area (TPSA) is 44.5 Å². The second kappa shape index (κ2) is 8.88. The lowest BCUT2D eigenvalue weighted by atomic mass is 10.2. The second-order valence-corrected chi connectivity index (χ2v) is 4.28. The second-order valence-electron chi connectivity index (χ2n) is 4.28. The van der Waals surface area contributed by atoms with Crippen molar-refractivity contribution in [1.29, 1.82) is 0 Å². The van der Waals surface area contributed by atoms with Crippen LogP contribution >= 0.6 is 0 Å². The Kier molecular flexibility index (Phi) is 8.24. The lowest BCUT2D eigenvalue weighted by molar-refractivity contribution is -0.0156. The maximum Gasteiger partial charge on any atom is 0.113 e. The van der Waals surface area contributed by atoms with Crippen LogP contribution in [0.4, 0.5) is 0 Å². The number of nitrogens with two attached hydrogens (primary N) is 1. The van der Waals surface area contributed by atoms with Crippen LogP contribution in [0.5, 0.6) is 0 Å². The summed E-state index contributed by atoms with van der Waals surface area (Å²) >= 11 is 0. The Morgan fingerprint density at radius 1 is 1.35 bits per heavy atom. The van der Waals surface area contributed by atoms with Crippen LogP contribution in [0.1, 0.15) is 34.1 Å². The van der Waals surface area contributed by atoms with Crippen molar-refractivity contribution in [2.45, 2.75) is 46.3 Å². The van der Waals surface area contributed by atoms with E-state index in [0.29, 0.717) is 6.61 Å². The molecule has 0 aromatic carbocycles. The van der Waals surface area contributed by atoms with Gasteiger partial charge in [-0.3, -0.25) is 0 Å². The molecule has 0 aromatic heterocycles. The third-order valence-electron chi connectivity index (χ3n) is 1.99. The van der Waals surface area contributed by atoms with Gasteiger partial charge in [-0.2, -0.15) is 0 Å². The van der Waals surface area contributed by atoms with E-state index in [1.54, 1.807) is 12.3 Å². The van der Waals surface area contributed by atoms with Gasteiger partial charge in [0.25, 0.3) is 0 Å². The van der Waals surface area contributed by atoms with Gasteiger partial charge in [0.15, 0.2) is 0 Å². The first-order valence-electron chi connectivity index (χ1n) is 6.04. The summed E-state index contributed by atoms with van der Waals surface area (Å²) in [5, 5.41) is 0. The lowest BCUT2D eigenvalue weighted by Gasteiger charge is -2.15. The van der Waals surface area contributed by atoms with Crippen molar-refractivity contribution in [3.05, 3.63) is 36.3 Å². The zero-order valence-corrected chi connectivity index (χ0v) is 11.4. The van der Waals surface area contributed by atoms with E-state index in [4.69, 9.17) is 15.2 Å². The van der Waals surface area contributed by atoms with Gasteiger partial charge in [-0.05, 0) is 44.9 Å². The smallest absolute Gasteiger partial charge is 0.113 e. The van der Waals surface area contributed by atoms with Gasteiger partial charge < -0.3 is 15.2 Å². The maximum atomic E-state index is 5.69. The molecular weight excluding hydrogens is 214 g/mol. The molecule has 0 bridgehead atoms. The third kappa shape index (κ3) is 9.69. The highest BCUT2D eigenvalue weighted by molar-refractivity contribution is 5.28. The Morgan fingerprint density at radius 2 is 2.00 bits per heavy atom. The molecule has 0 saturated heterocycles. The summed E-state index contributed by atoms with van der Waals surface area (Å²) in [6, 6.07) is 0. The van der Waals surface area contributed by atoms with Crippen molar-refractivity contribution in [1.82, 2.24) is 0 Å². The molecule has 17 heavy (non-hydrogen) atoms. The van der Waals surface area contributed by atoms with E-state index in [0.717, 1.165) is 17.7 Å². The fourth-order valence-corrected chi connectivity index (χ4v) is 1.22. The molecule has 0 saturated carbocycles. The molecule has 98 valence electrons. The minimum atomic E-state index is 0.0872. The van der Waals surface area contributed by atoms with Gasteiger partial charge in [-0.1, -0.05) is 13.5 Å². The van der Waals surface area contributed by atoms with Gasteiger partial charge in [-0.15, -0.1) is 0 Å². The van der Waals surface area contributed by atoms with Crippen LogP contribution in [-0.2, 0) is 9.47 Å². The van der Waals surface area contributed by atoms with Crippen molar-refractivity contribution in [3.8, 4) is 0 Å². The van der Waals surface area contributed by atoms with E-state index in [1.165, 1.54) is 0 Å². The minimum absolute atomic E-state index is 0.0872. The molecule has 0 aliphatic carbocycles. The van der Waals surface area contributed by atoms with Crippen LogP contribution in [0, 0.1) is 0 Å². The van der Waals surface area contributed by atoms with E-state index in [9.17, 15) is 0 Å². The number of rotatable bonds is 8. The fraction of sp³-hybridized carbons (Fsp3) is 0.571. The Bertz CT molecular complexity index is 280. The highest BCUT2D eigenvalue weighted by Gasteiger charge is 2.03. The summed E-state index contributed by atoms with van der Waals surface area (Å²) in [6.07, 6.45) is 6.40. The van der Waals surface area contributed by atoms with Crippen LogP contribution in [-0.4, -0.2) is 18.8 Å². The monoisotopic (exact) mass is 239 g/mol. The molecular formula is C14H25NO2. The summed E-state index contributed by atoms with van der Waals surface area (Å²) in [5.41, 5.74) is 7.34. The summed E-state index contributed by atoms with van der Waals surface area (Å²) in [6.45, 7) is 12.4. The fourth-order valence-electron chi connectivity index (χ4n) is 1.22. The van der Waals surface area contributed by atoms with Crippen molar-refractivity contribution < 1.29 is 9.47 Å². The van der Waals surface area contributed by atoms with Gasteiger partial charge in [0.05, 0.1) is 18.5 Å². The van der Waals surface area contributed by atoms with Gasteiger partial charge in [0.1, 0.15) is 6.61 Å². The zero-order chi connectivity index (χ0) is 13.3. The highest BCUT2D eigenvalue weighted by atomic mass is 16.5. The van der Waals surface area contributed by atoms with E-state index in [1.807, 2.05) is 33.8 Å². The van der Waals surface area contributed by atoms with E-state index >= 15 is 0 Å². The summed E-state index contributed by atoms with van der Waals surface area (Å²) in [4.78, 5) is 0. The molecule has 3 nitrogen and oxygen atoms in total. The molecule has 0 amide bonds. The van der Waals surface area contributed by atoms with Gasteiger partial charge in [0, 0.05) is 5.70 Å². The van der Waals surface area contributed by atoms with E-state index in [2.05, 4.69) is 6.58 Å². The molecule has 2 N–H and O–H groups in total. The molecule has 0 spiro atoms. The first kappa shape index (κ1) is 15.8. The SMILES string of the molecule is C=C(/C=C/OC[C@H](C)OC(C)C)/C=C(/N)CC. The van der Waals surface area contributed by atoms with Crippen LogP contribution < -0.4 is 5.73 Å². The number of hydrogen-bond acceptors (Lipinski definition) is 3. The lowest BCUT2D eigenvalue weighted by Crippen LogP contribution is -2.18. The molecule has 0 rings (SSSR count). The third-order valence-corrected chi connectivity index (χ3v) is 1.99. The average molecular weight is 239 g/mol. The average Bonchev–Trinajstić information content (AvgIpc) is 2.23. The first-order valence-corrected chi connectivity index (χ1v) is 6.04. The molecule has 0 aromatic rings. The molecule has 1 atom stereocenters. The van der Waals surface area contributed by atoms with Crippen LogP contribution in [0.3, 0.4) is 0 Å². The van der Waals surface area contributed by atoms with Crippen LogP contribution in [0.2, 0.25) is 0 Å². The molecule has 0 unspecified atom stereocenters. The largest absolute Gasteiger partial charge is 0.498 e. The summed E-state index contributed by atoms with van der Waals surface area (Å²) in [7, 11) is 0. The van der Waals surface area contributed by atoms with Gasteiger partial charge in [-0.25, -0.2) is 0 Å². The van der Waals surface area contributed by atoms with Gasteiger partial charge >= 0.3 is 0 Å². The standard InChI is InChI=1S/C14H25NO2/c1-6-14(15)9-12(4)7-8-16-10-13(5)17-11(2)3/h7-9,11,13H,4,6,10,15H2,1-3,5H3/b8-7+,14-9+/t13-/m0/s1. The Labute approximate surface area is 105 Å². The molecule has 0 aliphatic heterocycles. The predicted molar refractivity (Wildman–Crippen MR) is 72.5 cm³/mol. The maximum absolute atomic E-state index is 5.69. The minimum Gasteiger partial charge on any atom is -0.498 e. The number of ether oxygens (including phenoxy) is 2. The normalized spacial score (nSPS) is 14.3. The molecule has 0 aliphatic rings. The Morgan fingerprint density at radius 3 is 2.53 bits per heavy atom. The number of hydrogen-bond donors (Lipinski definition) is 1. The van der Waals surface area contributed by atoms with E-state index < -0.39 is 0 Å². The molecule has 0 radical (unpaired) electrons. The molecule has 0 heterocycles.